The minimum atomic E-state index is -0.600. The van der Waals surface area contributed by atoms with Crippen LogP contribution in [0.4, 0.5) is 4.39 Å². The fraction of sp³-hybridized carbons (Fsp3) is 0.417. The number of carbonyl (C=O) groups excluding carboxylic acids is 2. The molecule has 0 saturated heterocycles. The maximum absolute atomic E-state index is 13.3. The van der Waals surface area contributed by atoms with E-state index >= 15 is 0 Å². The lowest BCUT2D eigenvalue weighted by Crippen LogP contribution is -2.50. The van der Waals surface area contributed by atoms with E-state index in [0.717, 1.165) is 5.56 Å². The number of hydrogen-bond donors (Lipinski definition) is 1. The zero-order chi connectivity index (χ0) is 22.8. The Balaban J connectivity index is 2.04. The molecule has 0 bridgehead atoms. The summed E-state index contributed by atoms with van der Waals surface area (Å²) >= 11 is 5.87. The van der Waals surface area contributed by atoms with Crippen molar-refractivity contribution in [2.45, 2.75) is 58.7 Å². The van der Waals surface area contributed by atoms with Crippen LogP contribution < -0.4 is 10.1 Å². The van der Waals surface area contributed by atoms with Gasteiger partial charge in [-0.1, -0.05) is 30.7 Å². The lowest BCUT2D eigenvalue weighted by molar-refractivity contribution is -0.141. The van der Waals surface area contributed by atoms with Crippen LogP contribution in [-0.4, -0.2) is 35.4 Å². The molecule has 0 aliphatic rings. The van der Waals surface area contributed by atoms with Crippen LogP contribution in [0.1, 0.15) is 45.6 Å². The summed E-state index contributed by atoms with van der Waals surface area (Å²) in [5.41, 5.74) is 0.767. The quantitative estimate of drug-likeness (QED) is 0.494. The van der Waals surface area contributed by atoms with Crippen molar-refractivity contribution in [3.8, 4) is 5.75 Å². The molecule has 0 heterocycles. The molecule has 1 atom stereocenters. The van der Waals surface area contributed by atoms with Crippen LogP contribution in [0, 0.1) is 5.82 Å². The summed E-state index contributed by atoms with van der Waals surface area (Å²) in [6.45, 7) is 6.24. The van der Waals surface area contributed by atoms with Crippen LogP contribution in [0.15, 0.2) is 48.5 Å². The van der Waals surface area contributed by atoms with Crippen LogP contribution >= 0.6 is 11.6 Å². The number of nitrogens with zero attached hydrogens (tertiary/aromatic N) is 1. The van der Waals surface area contributed by atoms with Crippen LogP contribution in [0.5, 0.6) is 5.75 Å². The fourth-order valence-electron chi connectivity index (χ4n) is 3.17. The van der Waals surface area contributed by atoms with Gasteiger partial charge in [-0.25, -0.2) is 4.39 Å². The van der Waals surface area contributed by atoms with E-state index in [1.807, 2.05) is 20.8 Å². The first-order chi connectivity index (χ1) is 14.8. The topological polar surface area (TPSA) is 58.6 Å². The number of amides is 2. The monoisotopic (exact) mass is 448 g/mol. The van der Waals surface area contributed by atoms with Crippen molar-refractivity contribution in [2.24, 2.45) is 0 Å². The number of ether oxygens (including phenoxy) is 1. The standard InChI is InChI=1S/C24H30ClFN2O3/c1-4-22(24(30)27-17(2)3)28(16-18-7-11-20(26)12-8-18)23(29)6-5-15-31-21-13-9-19(25)10-14-21/h7-14,17,22H,4-6,15-16H2,1-3H3,(H,27,30)/t22-/m1/s1. The zero-order valence-corrected chi connectivity index (χ0v) is 19.0. The normalized spacial score (nSPS) is 11.8. The maximum Gasteiger partial charge on any atom is 0.243 e. The Morgan fingerprint density at radius 2 is 1.74 bits per heavy atom. The molecule has 0 fully saturated rings. The van der Waals surface area contributed by atoms with Gasteiger partial charge in [-0.3, -0.25) is 9.59 Å². The Bertz CT molecular complexity index is 841. The summed E-state index contributed by atoms with van der Waals surface area (Å²) < 4.78 is 18.9. The highest BCUT2D eigenvalue weighted by Crippen LogP contribution is 2.17. The number of benzene rings is 2. The van der Waals surface area contributed by atoms with Gasteiger partial charge in [0.2, 0.25) is 11.8 Å². The van der Waals surface area contributed by atoms with E-state index in [1.165, 1.54) is 12.1 Å². The van der Waals surface area contributed by atoms with Crippen LogP contribution in [0.25, 0.3) is 0 Å². The third-order valence-corrected chi connectivity index (χ3v) is 4.95. The SMILES string of the molecule is CC[C@H](C(=O)NC(C)C)N(Cc1ccc(F)cc1)C(=O)CCCOc1ccc(Cl)cc1. The summed E-state index contributed by atoms with van der Waals surface area (Å²) in [6.07, 6.45) is 1.22. The highest BCUT2D eigenvalue weighted by atomic mass is 35.5. The molecule has 0 radical (unpaired) electrons. The van der Waals surface area contributed by atoms with Crippen LogP contribution in [0.2, 0.25) is 5.02 Å². The summed E-state index contributed by atoms with van der Waals surface area (Å²) in [4.78, 5) is 27.4. The average Bonchev–Trinajstić information content (AvgIpc) is 2.73. The van der Waals surface area contributed by atoms with Gasteiger partial charge in [0.05, 0.1) is 6.61 Å². The minimum absolute atomic E-state index is 0.0305. The largest absolute Gasteiger partial charge is 0.494 e. The first-order valence-electron chi connectivity index (χ1n) is 10.5. The minimum Gasteiger partial charge on any atom is -0.494 e. The Labute approximate surface area is 188 Å². The maximum atomic E-state index is 13.3. The number of halogens is 2. The molecule has 168 valence electrons. The summed E-state index contributed by atoms with van der Waals surface area (Å²) in [6, 6.07) is 12.4. The van der Waals surface area contributed by atoms with Crippen molar-refractivity contribution in [1.29, 1.82) is 0 Å². The molecule has 31 heavy (non-hydrogen) atoms. The third-order valence-electron chi connectivity index (χ3n) is 4.70. The number of carbonyl (C=O) groups is 2. The van der Waals surface area contributed by atoms with E-state index in [9.17, 15) is 14.0 Å². The molecular weight excluding hydrogens is 419 g/mol. The molecule has 0 saturated carbocycles. The van der Waals surface area contributed by atoms with Crippen molar-refractivity contribution >= 4 is 23.4 Å². The fourth-order valence-corrected chi connectivity index (χ4v) is 3.30. The predicted molar refractivity (Wildman–Crippen MR) is 120 cm³/mol. The summed E-state index contributed by atoms with van der Waals surface area (Å²) in [7, 11) is 0. The Morgan fingerprint density at radius 1 is 1.10 bits per heavy atom. The number of nitrogens with one attached hydrogen (secondary N) is 1. The number of rotatable bonds is 11. The van der Waals surface area contributed by atoms with Crippen molar-refractivity contribution in [2.75, 3.05) is 6.61 Å². The Morgan fingerprint density at radius 3 is 2.32 bits per heavy atom. The second kappa shape index (κ2) is 12.3. The first kappa shape index (κ1) is 24.7. The van der Waals surface area contributed by atoms with E-state index in [2.05, 4.69) is 5.32 Å². The van der Waals surface area contributed by atoms with Crippen LogP contribution in [-0.2, 0) is 16.1 Å². The Hall–Kier alpha value is -2.60. The predicted octanol–water partition coefficient (Wildman–Crippen LogP) is 4.97. The molecule has 7 heteroatoms. The van der Waals surface area contributed by atoms with Gasteiger partial charge in [0.1, 0.15) is 17.6 Å². The highest BCUT2D eigenvalue weighted by molar-refractivity contribution is 6.30. The second-order valence-corrected chi connectivity index (χ2v) is 8.08. The van der Waals surface area contributed by atoms with Gasteiger partial charge in [-0.05, 0) is 68.7 Å². The van der Waals surface area contributed by atoms with E-state index in [0.29, 0.717) is 30.2 Å². The molecule has 2 amide bonds. The van der Waals surface area contributed by atoms with E-state index in [-0.39, 0.29) is 36.6 Å². The van der Waals surface area contributed by atoms with Gasteiger partial charge in [0, 0.05) is 24.0 Å². The lowest BCUT2D eigenvalue weighted by Gasteiger charge is -2.31. The number of hydrogen-bond acceptors (Lipinski definition) is 3. The molecule has 2 aromatic rings. The lowest BCUT2D eigenvalue weighted by atomic mass is 10.1. The molecule has 0 aliphatic heterocycles. The third kappa shape index (κ3) is 8.21. The molecular formula is C24H30ClFN2O3. The first-order valence-corrected chi connectivity index (χ1v) is 10.9. The second-order valence-electron chi connectivity index (χ2n) is 7.64. The van der Waals surface area contributed by atoms with Gasteiger partial charge >= 0.3 is 0 Å². The van der Waals surface area contributed by atoms with Gasteiger partial charge in [-0.2, -0.15) is 0 Å². The van der Waals surface area contributed by atoms with Crippen molar-refractivity contribution in [3.05, 3.63) is 64.9 Å². The van der Waals surface area contributed by atoms with Gasteiger partial charge in [0.25, 0.3) is 0 Å². The van der Waals surface area contributed by atoms with Gasteiger partial charge < -0.3 is 15.0 Å². The molecule has 5 nitrogen and oxygen atoms in total. The highest BCUT2D eigenvalue weighted by Gasteiger charge is 2.28. The molecule has 0 aliphatic carbocycles. The molecule has 2 aromatic carbocycles. The van der Waals surface area contributed by atoms with Crippen molar-refractivity contribution < 1.29 is 18.7 Å². The van der Waals surface area contributed by atoms with Crippen molar-refractivity contribution in [1.82, 2.24) is 10.2 Å². The molecule has 0 spiro atoms. The van der Waals surface area contributed by atoms with Crippen LogP contribution in [0.3, 0.4) is 0 Å². The average molecular weight is 449 g/mol. The Kier molecular flexibility index (Phi) is 9.79. The molecule has 0 aromatic heterocycles. The van der Waals surface area contributed by atoms with E-state index < -0.39 is 6.04 Å². The molecule has 1 N–H and O–H groups in total. The van der Waals surface area contributed by atoms with E-state index in [4.69, 9.17) is 16.3 Å². The summed E-state index contributed by atoms with van der Waals surface area (Å²) in [5.74, 6) is 0.00786. The smallest absolute Gasteiger partial charge is 0.243 e. The summed E-state index contributed by atoms with van der Waals surface area (Å²) in [5, 5.41) is 3.52. The molecule has 2 rings (SSSR count). The van der Waals surface area contributed by atoms with Gasteiger partial charge in [0.15, 0.2) is 0 Å². The molecule has 0 unspecified atom stereocenters. The van der Waals surface area contributed by atoms with Gasteiger partial charge in [-0.15, -0.1) is 0 Å². The van der Waals surface area contributed by atoms with E-state index in [1.54, 1.807) is 41.3 Å². The zero-order valence-electron chi connectivity index (χ0n) is 18.2. The van der Waals surface area contributed by atoms with Crippen molar-refractivity contribution in [3.63, 3.8) is 0 Å².